The normalized spacial score (nSPS) is 11.5. The first-order valence-electron chi connectivity index (χ1n) is 11.2. The fourth-order valence-corrected chi connectivity index (χ4v) is 3.52. The van der Waals surface area contributed by atoms with Crippen molar-refractivity contribution in [2.24, 2.45) is 0 Å². The lowest BCUT2D eigenvalue weighted by Gasteiger charge is -2.20. The zero-order valence-corrected chi connectivity index (χ0v) is 20.5. The number of hydrogen-bond acceptors (Lipinski definition) is 8. The van der Waals surface area contributed by atoms with Crippen LogP contribution in [0.5, 0.6) is 17.2 Å². The number of esters is 1. The summed E-state index contributed by atoms with van der Waals surface area (Å²) in [7, 11) is 3.05. The molecule has 2 aromatic carbocycles. The van der Waals surface area contributed by atoms with Crippen LogP contribution in [0.25, 0.3) is 0 Å². The fraction of sp³-hybridized carbons (Fsp3) is 0.346. The lowest BCUT2D eigenvalue weighted by atomic mass is 10.0. The van der Waals surface area contributed by atoms with E-state index in [0.29, 0.717) is 28.6 Å². The van der Waals surface area contributed by atoms with Crippen molar-refractivity contribution in [2.45, 2.75) is 39.8 Å². The van der Waals surface area contributed by atoms with E-state index < -0.39 is 12.0 Å². The van der Waals surface area contributed by atoms with Gasteiger partial charge in [0.25, 0.3) is 5.91 Å². The maximum absolute atomic E-state index is 13.1. The number of nitrogens with zero attached hydrogens (tertiary/aromatic N) is 1. The van der Waals surface area contributed by atoms with Gasteiger partial charge in [-0.15, -0.1) is 0 Å². The number of amides is 1. The second-order valence-corrected chi connectivity index (χ2v) is 7.77. The Morgan fingerprint density at radius 3 is 2.51 bits per heavy atom. The molecule has 9 heteroatoms. The molecule has 3 aromatic rings. The molecular weight excluding hydrogens is 452 g/mol. The molecule has 1 N–H and O–H groups in total. The van der Waals surface area contributed by atoms with Crippen LogP contribution in [0.15, 0.2) is 47.0 Å². The molecule has 3 rings (SSSR count). The van der Waals surface area contributed by atoms with Gasteiger partial charge in [-0.05, 0) is 56.7 Å². The summed E-state index contributed by atoms with van der Waals surface area (Å²) in [5.41, 5.74) is 2.68. The smallest absolute Gasteiger partial charge is 0.308 e. The first-order chi connectivity index (χ1) is 16.9. The van der Waals surface area contributed by atoms with Crippen molar-refractivity contribution in [1.82, 2.24) is 10.5 Å². The minimum atomic E-state index is -0.613. The van der Waals surface area contributed by atoms with E-state index in [1.165, 1.54) is 7.11 Å². The summed E-state index contributed by atoms with van der Waals surface area (Å²) >= 11 is 0. The van der Waals surface area contributed by atoms with Gasteiger partial charge in [0.05, 0.1) is 44.5 Å². The quantitative estimate of drug-likeness (QED) is 0.403. The number of rotatable bonds is 11. The third-order valence-electron chi connectivity index (χ3n) is 5.46. The van der Waals surface area contributed by atoms with Crippen molar-refractivity contribution in [3.05, 3.63) is 70.6 Å². The van der Waals surface area contributed by atoms with Crippen LogP contribution < -0.4 is 19.5 Å². The molecule has 0 saturated carbocycles. The second-order valence-electron chi connectivity index (χ2n) is 7.77. The lowest BCUT2D eigenvalue weighted by molar-refractivity contribution is -0.143. The molecule has 9 nitrogen and oxygen atoms in total. The largest absolute Gasteiger partial charge is 0.497 e. The van der Waals surface area contributed by atoms with E-state index in [1.54, 1.807) is 50.4 Å². The van der Waals surface area contributed by atoms with Crippen molar-refractivity contribution in [2.75, 3.05) is 20.8 Å². The average molecular weight is 483 g/mol. The van der Waals surface area contributed by atoms with E-state index in [4.69, 9.17) is 23.5 Å². The summed E-state index contributed by atoms with van der Waals surface area (Å²) in [4.78, 5) is 25.3. The predicted octanol–water partition coefficient (Wildman–Crippen LogP) is 4.31. The number of carbonyl (C=O) groups is 2. The van der Waals surface area contributed by atoms with Gasteiger partial charge in [0.2, 0.25) is 0 Å². The zero-order chi connectivity index (χ0) is 25.4. The van der Waals surface area contributed by atoms with Crippen molar-refractivity contribution < 1.29 is 33.1 Å². The minimum Gasteiger partial charge on any atom is -0.497 e. The van der Waals surface area contributed by atoms with E-state index in [-0.39, 0.29) is 25.5 Å². The number of hydrogen-bond donors (Lipinski definition) is 1. The summed E-state index contributed by atoms with van der Waals surface area (Å²) in [5.74, 6) is 1.38. The van der Waals surface area contributed by atoms with Gasteiger partial charge in [-0.2, -0.15) is 0 Å². The lowest BCUT2D eigenvalue weighted by Crippen LogP contribution is -2.30. The zero-order valence-electron chi connectivity index (χ0n) is 20.5. The van der Waals surface area contributed by atoms with Crippen LogP contribution in [0.4, 0.5) is 0 Å². The first kappa shape index (κ1) is 25.6. The predicted molar refractivity (Wildman–Crippen MR) is 128 cm³/mol. The molecule has 186 valence electrons. The molecule has 35 heavy (non-hydrogen) atoms. The average Bonchev–Trinajstić information content (AvgIpc) is 3.19. The molecule has 1 atom stereocenters. The highest BCUT2D eigenvalue weighted by Gasteiger charge is 2.22. The Morgan fingerprint density at radius 1 is 1.06 bits per heavy atom. The van der Waals surface area contributed by atoms with Crippen LogP contribution in [0.1, 0.15) is 52.3 Å². The van der Waals surface area contributed by atoms with Crippen molar-refractivity contribution in [3.8, 4) is 17.2 Å². The minimum absolute atomic E-state index is 0.0253. The van der Waals surface area contributed by atoms with Gasteiger partial charge >= 0.3 is 5.97 Å². The first-order valence-corrected chi connectivity index (χ1v) is 11.2. The van der Waals surface area contributed by atoms with Crippen LogP contribution >= 0.6 is 0 Å². The molecule has 1 heterocycles. The van der Waals surface area contributed by atoms with Gasteiger partial charge < -0.3 is 28.8 Å². The Kier molecular flexibility index (Phi) is 8.72. The standard InChI is InChI=1S/C26H30N2O7/c1-6-33-25(29)14-22(18-8-7-9-20(12-18)31-4)27-26(30)19-10-11-23(24(13-19)32-5)34-15-21-16(2)28-35-17(21)3/h7-13,22H,6,14-15H2,1-5H3,(H,27,30). The summed E-state index contributed by atoms with van der Waals surface area (Å²) in [6, 6.07) is 11.5. The van der Waals surface area contributed by atoms with E-state index in [1.807, 2.05) is 19.9 Å². The van der Waals surface area contributed by atoms with Crippen LogP contribution in [-0.2, 0) is 16.1 Å². The number of ether oxygens (including phenoxy) is 4. The second kappa shape index (κ2) is 11.9. The van der Waals surface area contributed by atoms with E-state index in [9.17, 15) is 9.59 Å². The van der Waals surface area contributed by atoms with Crippen LogP contribution in [0, 0.1) is 13.8 Å². The molecule has 0 saturated heterocycles. The number of aromatic nitrogens is 1. The SMILES string of the molecule is CCOC(=O)CC(NC(=O)c1ccc(OCc2c(C)noc2C)c(OC)c1)c1cccc(OC)c1. The molecule has 1 unspecified atom stereocenters. The third kappa shape index (κ3) is 6.53. The Labute approximate surface area is 204 Å². The van der Waals surface area contributed by atoms with E-state index in [0.717, 1.165) is 16.8 Å². The maximum atomic E-state index is 13.1. The number of benzene rings is 2. The van der Waals surface area contributed by atoms with E-state index in [2.05, 4.69) is 10.5 Å². The number of nitrogens with one attached hydrogen (secondary N) is 1. The van der Waals surface area contributed by atoms with Gasteiger partial charge in [0.15, 0.2) is 11.5 Å². The Balaban J connectivity index is 1.79. The Bertz CT molecular complexity index is 1150. The summed E-state index contributed by atoms with van der Waals surface area (Å²) in [6.07, 6.45) is -0.0253. The molecule has 1 amide bonds. The Morgan fingerprint density at radius 2 is 1.86 bits per heavy atom. The van der Waals surface area contributed by atoms with Crippen LogP contribution in [0.2, 0.25) is 0 Å². The number of aryl methyl sites for hydroxylation is 2. The van der Waals surface area contributed by atoms with Gasteiger partial charge in [0, 0.05) is 5.56 Å². The summed E-state index contributed by atoms with van der Waals surface area (Å²) in [6.45, 7) is 5.90. The molecule has 0 aliphatic rings. The van der Waals surface area contributed by atoms with Crippen molar-refractivity contribution in [1.29, 1.82) is 0 Å². The highest BCUT2D eigenvalue weighted by molar-refractivity contribution is 5.95. The number of methoxy groups -OCH3 is 2. The topological polar surface area (TPSA) is 109 Å². The molecule has 0 aliphatic carbocycles. The maximum Gasteiger partial charge on any atom is 0.308 e. The van der Waals surface area contributed by atoms with Gasteiger partial charge in [-0.25, -0.2) is 0 Å². The molecule has 0 aliphatic heterocycles. The summed E-state index contributed by atoms with van der Waals surface area (Å²) < 4.78 is 26.9. The molecule has 0 radical (unpaired) electrons. The molecule has 0 spiro atoms. The molecular formula is C26H30N2O7. The van der Waals surface area contributed by atoms with Gasteiger partial charge in [0.1, 0.15) is 18.1 Å². The van der Waals surface area contributed by atoms with Crippen molar-refractivity contribution >= 4 is 11.9 Å². The van der Waals surface area contributed by atoms with Gasteiger partial charge in [-0.1, -0.05) is 17.3 Å². The fourth-order valence-electron chi connectivity index (χ4n) is 3.52. The highest BCUT2D eigenvalue weighted by Crippen LogP contribution is 2.30. The monoisotopic (exact) mass is 482 g/mol. The summed E-state index contributed by atoms with van der Waals surface area (Å²) in [5, 5.41) is 6.84. The molecule has 0 fully saturated rings. The molecule has 1 aromatic heterocycles. The Hall–Kier alpha value is -4.01. The number of carbonyl (C=O) groups excluding carboxylic acids is 2. The van der Waals surface area contributed by atoms with Gasteiger partial charge in [-0.3, -0.25) is 9.59 Å². The molecule has 0 bridgehead atoms. The third-order valence-corrected chi connectivity index (χ3v) is 5.46. The van der Waals surface area contributed by atoms with Crippen LogP contribution in [0.3, 0.4) is 0 Å². The van der Waals surface area contributed by atoms with Crippen LogP contribution in [-0.4, -0.2) is 37.9 Å². The van der Waals surface area contributed by atoms with E-state index >= 15 is 0 Å². The van der Waals surface area contributed by atoms with Crippen molar-refractivity contribution in [3.63, 3.8) is 0 Å². The highest BCUT2D eigenvalue weighted by atomic mass is 16.5.